The Labute approximate surface area is 111 Å². The van der Waals surface area contributed by atoms with E-state index in [4.69, 9.17) is 4.74 Å². The first-order valence-electron chi connectivity index (χ1n) is 6.35. The molecule has 92 valence electrons. The first-order valence-corrected chi connectivity index (χ1v) is 7.15. The van der Waals surface area contributed by atoms with Gasteiger partial charge in [-0.05, 0) is 43.9 Å². The molecular weight excluding hydrogens is 278 g/mol. The zero-order valence-electron chi connectivity index (χ0n) is 10.2. The molecule has 3 heteroatoms. The van der Waals surface area contributed by atoms with Gasteiger partial charge in [-0.2, -0.15) is 0 Å². The lowest BCUT2D eigenvalue weighted by Gasteiger charge is -2.39. The first-order chi connectivity index (χ1) is 8.16. The molecule has 0 saturated heterocycles. The zero-order chi connectivity index (χ0) is 11.9. The lowest BCUT2D eigenvalue weighted by atomic mass is 9.78. The summed E-state index contributed by atoms with van der Waals surface area (Å²) in [5, 5.41) is 3.67. The molecule has 1 aromatic carbocycles. The standard InChI is InChI=1S/C14H18BrNO/c1-14(4-2-5-14)16-9-11-8-12(15)7-10-3-6-17-13(10)11/h7-8,16H,2-6,9H2,1H3. The topological polar surface area (TPSA) is 21.3 Å². The van der Waals surface area contributed by atoms with E-state index in [1.54, 1.807) is 0 Å². The summed E-state index contributed by atoms with van der Waals surface area (Å²) >= 11 is 3.58. The molecule has 17 heavy (non-hydrogen) atoms. The number of halogens is 1. The van der Waals surface area contributed by atoms with Gasteiger partial charge in [0.15, 0.2) is 0 Å². The highest BCUT2D eigenvalue weighted by Crippen LogP contribution is 2.35. The minimum atomic E-state index is 0.355. The van der Waals surface area contributed by atoms with Crippen LogP contribution in [0, 0.1) is 0 Å². The molecule has 1 aliphatic carbocycles. The van der Waals surface area contributed by atoms with Gasteiger partial charge in [-0.25, -0.2) is 0 Å². The van der Waals surface area contributed by atoms with Crippen molar-refractivity contribution in [2.75, 3.05) is 6.61 Å². The maximum Gasteiger partial charge on any atom is 0.127 e. The average molecular weight is 296 g/mol. The summed E-state index contributed by atoms with van der Waals surface area (Å²) in [6.07, 6.45) is 4.99. The van der Waals surface area contributed by atoms with Crippen LogP contribution in [0.4, 0.5) is 0 Å². The third kappa shape index (κ3) is 2.23. The van der Waals surface area contributed by atoms with Gasteiger partial charge in [-0.15, -0.1) is 0 Å². The van der Waals surface area contributed by atoms with E-state index in [-0.39, 0.29) is 0 Å². The second-order valence-electron chi connectivity index (χ2n) is 5.42. The minimum Gasteiger partial charge on any atom is -0.493 e. The second kappa shape index (κ2) is 4.29. The van der Waals surface area contributed by atoms with Crippen LogP contribution < -0.4 is 10.1 Å². The molecule has 0 radical (unpaired) electrons. The van der Waals surface area contributed by atoms with Crippen molar-refractivity contribution in [1.82, 2.24) is 5.32 Å². The Bertz CT molecular complexity index is 440. The SMILES string of the molecule is CC1(NCc2cc(Br)cc3c2OCC3)CCC1. The van der Waals surface area contributed by atoms with E-state index in [0.29, 0.717) is 5.54 Å². The van der Waals surface area contributed by atoms with E-state index in [0.717, 1.165) is 29.8 Å². The van der Waals surface area contributed by atoms with E-state index in [1.807, 2.05) is 0 Å². The molecule has 0 atom stereocenters. The van der Waals surface area contributed by atoms with Gasteiger partial charge >= 0.3 is 0 Å². The second-order valence-corrected chi connectivity index (χ2v) is 6.34. The van der Waals surface area contributed by atoms with Crippen LogP contribution >= 0.6 is 15.9 Å². The normalized spacial score (nSPS) is 20.6. The summed E-state index contributed by atoms with van der Waals surface area (Å²) in [5.41, 5.74) is 2.99. The molecule has 1 N–H and O–H groups in total. The third-order valence-electron chi connectivity index (χ3n) is 3.99. The Balaban J connectivity index is 1.78. The van der Waals surface area contributed by atoms with Crippen LogP contribution in [0.15, 0.2) is 16.6 Å². The van der Waals surface area contributed by atoms with Gasteiger partial charge in [-0.3, -0.25) is 0 Å². The van der Waals surface area contributed by atoms with Crippen molar-refractivity contribution >= 4 is 15.9 Å². The highest BCUT2D eigenvalue weighted by molar-refractivity contribution is 9.10. The van der Waals surface area contributed by atoms with Gasteiger partial charge in [-0.1, -0.05) is 15.9 Å². The van der Waals surface area contributed by atoms with Gasteiger partial charge in [0.05, 0.1) is 6.61 Å². The lowest BCUT2D eigenvalue weighted by Crippen LogP contribution is -2.47. The predicted molar refractivity (Wildman–Crippen MR) is 72.4 cm³/mol. The number of nitrogens with one attached hydrogen (secondary N) is 1. The largest absolute Gasteiger partial charge is 0.493 e. The fourth-order valence-corrected chi connectivity index (χ4v) is 3.22. The van der Waals surface area contributed by atoms with Gasteiger partial charge in [0, 0.05) is 28.5 Å². The average Bonchev–Trinajstić information content (AvgIpc) is 2.71. The Morgan fingerprint density at radius 2 is 2.24 bits per heavy atom. The number of hydrogen-bond donors (Lipinski definition) is 1. The summed E-state index contributed by atoms with van der Waals surface area (Å²) in [6, 6.07) is 4.36. The molecule has 0 spiro atoms. The van der Waals surface area contributed by atoms with Gasteiger partial charge < -0.3 is 10.1 Å². The van der Waals surface area contributed by atoms with Crippen molar-refractivity contribution in [2.24, 2.45) is 0 Å². The van der Waals surface area contributed by atoms with Crippen molar-refractivity contribution in [1.29, 1.82) is 0 Å². The molecule has 0 bridgehead atoms. The molecule has 0 amide bonds. The number of benzene rings is 1. The number of fused-ring (bicyclic) bond motifs is 1. The highest BCUT2D eigenvalue weighted by Gasteiger charge is 2.31. The third-order valence-corrected chi connectivity index (χ3v) is 4.45. The summed E-state index contributed by atoms with van der Waals surface area (Å²) in [5.74, 6) is 1.11. The quantitative estimate of drug-likeness (QED) is 0.923. The summed E-state index contributed by atoms with van der Waals surface area (Å²) in [6.45, 7) is 4.06. The minimum absolute atomic E-state index is 0.355. The molecule has 1 aliphatic heterocycles. The number of rotatable bonds is 3. The lowest BCUT2D eigenvalue weighted by molar-refractivity contribution is 0.206. The van der Waals surface area contributed by atoms with Crippen molar-refractivity contribution in [2.45, 2.75) is 44.7 Å². The van der Waals surface area contributed by atoms with E-state index in [1.165, 1.54) is 30.4 Å². The fraction of sp³-hybridized carbons (Fsp3) is 0.571. The maximum absolute atomic E-state index is 5.74. The molecule has 1 heterocycles. The van der Waals surface area contributed by atoms with Crippen LogP contribution in [-0.2, 0) is 13.0 Å². The van der Waals surface area contributed by atoms with Crippen LogP contribution in [0.2, 0.25) is 0 Å². The van der Waals surface area contributed by atoms with E-state index < -0.39 is 0 Å². The summed E-state index contributed by atoms with van der Waals surface area (Å²) < 4.78 is 6.90. The van der Waals surface area contributed by atoms with Crippen LogP contribution in [0.3, 0.4) is 0 Å². The van der Waals surface area contributed by atoms with Crippen LogP contribution in [0.1, 0.15) is 37.3 Å². The van der Waals surface area contributed by atoms with E-state index in [9.17, 15) is 0 Å². The Kier molecular flexibility index (Phi) is 2.91. The van der Waals surface area contributed by atoms with Crippen LogP contribution in [0.25, 0.3) is 0 Å². The Hall–Kier alpha value is -0.540. The van der Waals surface area contributed by atoms with Gasteiger partial charge in [0.25, 0.3) is 0 Å². The molecule has 2 nitrogen and oxygen atoms in total. The predicted octanol–water partition coefficient (Wildman–Crippen LogP) is 3.42. The smallest absolute Gasteiger partial charge is 0.127 e. The van der Waals surface area contributed by atoms with Crippen LogP contribution in [-0.4, -0.2) is 12.1 Å². The molecule has 3 rings (SSSR count). The molecule has 1 fully saturated rings. The number of hydrogen-bond acceptors (Lipinski definition) is 2. The Morgan fingerprint density at radius 3 is 2.94 bits per heavy atom. The Morgan fingerprint density at radius 1 is 1.41 bits per heavy atom. The van der Waals surface area contributed by atoms with Crippen molar-refractivity contribution in [3.63, 3.8) is 0 Å². The molecule has 0 unspecified atom stereocenters. The van der Waals surface area contributed by atoms with E-state index in [2.05, 4.69) is 40.3 Å². The maximum atomic E-state index is 5.74. The molecule has 1 aromatic rings. The molecule has 2 aliphatic rings. The van der Waals surface area contributed by atoms with Crippen molar-refractivity contribution < 1.29 is 4.74 Å². The molecule has 0 aromatic heterocycles. The number of ether oxygens (including phenoxy) is 1. The first kappa shape index (κ1) is 11.5. The fourth-order valence-electron chi connectivity index (χ4n) is 2.67. The van der Waals surface area contributed by atoms with Gasteiger partial charge in [0.1, 0.15) is 5.75 Å². The van der Waals surface area contributed by atoms with Crippen molar-refractivity contribution in [3.8, 4) is 5.75 Å². The monoisotopic (exact) mass is 295 g/mol. The highest BCUT2D eigenvalue weighted by atomic mass is 79.9. The summed E-state index contributed by atoms with van der Waals surface area (Å²) in [7, 11) is 0. The van der Waals surface area contributed by atoms with Gasteiger partial charge in [0.2, 0.25) is 0 Å². The van der Waals surface area contributed by atoms with Crippen molar-refractivity contribution in [3.05, 3.63) is 27.7 Å². The molecular formula is C14H18BrNO. The van der Waals surface area contributed by atoms with Crippen LogP contribution in [0.5, 0.6) is 5.75 Å². The molecule has 1 saturated carbocycles. The summed E-state index contributed by atoms with van der Waals surface area (Å²) in [4.78, 5) is 0. The zero-order valence-corrected chi connectivity index (χ0v) is 11.8. The van der Waals surface area contributed by atoms with E-state index >= 15 is 0 Å².